The molecule has 26 heavy (non-hydrogen) atoms. The average Bonchev–Trinajstić information content (AvgIpc) is 2.57. The Hall–Kier alpha value is -1.41. The Morgan fingerprint density at radius 2 is 1.58 bits per heavy atom. The van der Waals surface area contributed by atoms with E-state index in [2.05, 4.69) is 13.5 Å². The molecule has 0 radical (unpaired) electrons. The Labute approximate surface area is 156 Å². The van der Waals surface area contributed by atoms with Gasteiger partial charge in [-0.15, -0.1) is 6.58 Å². The second-order valence-electron chi connectivity index (χ2n) is 6.15. The number of carbonyl (C=O) groups excluding carboxylic acids is 2. The highest BCUT2D eigenvalue weighted by molar-refractivity contribution is 7.87. The van der Waals surface area contributed by atoms with Crippen LogP contribution in [0.25, 0.3) is 0 Å². The third-order valence-corrected chi connectivity index (χ3v) is 4.88. The van der Waals surface area contributed by atoms with E-state index in [1.807, 2.05) is 0 Å². The molecule has 0 aliphatic carbocycles. The second kappa shape index (κ2) is 14.7. The van der Waals surface area contributed by atoms with Crippen LogP contribution in [0.3, 0.4) is 0 Å². The van der Waals surface area contributed by atoms with Crippen molar-refractivity contribution in [2.75, 3.05) is 13.2 Å². The van der Waals surface area contributed by atoms with E-state index in [9.17, 15) is 18.0 Å². The van der Waals surface area contributed by atoms with Crippen LogP contribution >= 0.6 is 0 Å². The quantitative estimate of drug-likeness (QED) is 0.185. The van der Waals surface area contributed by atoms with Gasteiger partial charge in [0.05, 0.1) is 19.6 Å². The average molecular weight is 393 g/mol. The first kappa shape index (κ1) is 24.6. The smallest absolute Gasteiger partial charge is 0.327 e. The molecule has 0 aromatic heterocycles. The van der Waals surface area contributed by atoms with Gasteiger partial charge in [-0.1, -0.05) is 57.9 Å². The fraction of sp³-hybridized carbons (Fsp3) is 0.778. The molecule has 0 bridgehead atoms. The third-order valence-electron chi connectivity index (χ3n) is 3.80. The van der Waals surface area contributed by atoms with Gasteiger partial charge < -0.3 is 9.47 Å². The molecule has 0 aliphatic heterocycles. The molecule has 0 saturated carbocycles. The zero-order valence-corrected chi connectivity index (χ0v) is 16.5. The van der Waals surface area contributed by atoms with Crippen molar-refractivity contribution in [3.8, 4) is 0 Å². The van der Waals surface area contributed by atoms with Crippen molar-refractivity contribution < 1.29 is 32.0 Å². The van der Waals surface area contributed by atoms with E-state index < -0.39 is 33.7 Å². The van der Waals surface area contributed by atoms with Crippen molar-refractivity contribution in [2.45, 2.75) is 76.4 Å². The highest BCUT2D eigenvalue weighted by Gasteiger charge is 2.35. The molecule has 0 aliphatic rings. The van der Waals surface area contributed by atoms with Crippen molar-refractivity contribution in [2.24, 2.45) is 0 Å². The van der Waals surface area contributed by atoms with Gasteiger partial charge in [0, 0.05) is 0 Å². The van der Waals surface area contributed by atoms with Crippen molar-refractivity contribution >= 4 is 22.1 Å². The first-order chi connectivity index (χ1) is 12.3. The monoisotopic (exact) mass is 392 g/mol. The molecule has 0 aromatic carbocycles. The Morgan fingerprint density at radius 1 is 1.00 bits per heavy atom. The maximum atomic E-state index is 11.7. The maximum Gasteiger partial charge on any atom is 0.327 e. The van der Waals surface area contributed by atoms with Crippen LogP contribution in [0.1, 0.15) is 71.1 Å². The maximum absolute atomic E-state index is 11.7. The molecule has 1 unspecified atom stereocenters. The molecule has 0 aromatic rings. The Kier molecular flexibility index (Phi) is 13.9. The summed E-state index contributed by atoms with van der Waals surface area (Å²) in [6.45, 7) is 5.70. The Balaban J connectivity index is 4.07. The molecule has 0 heterocycles. The van der Waals surface area contributed by atoms with Crippen LogP contribution in [-0.2, 0) is 29.2 Å². The fourth-order valence-corrected chi connectivity index (χ4v) is 2.94. The Morgan fingerprint density at radius 3 is 2.12 bits per heavy atom. The van der Waals surface area contributed by atoms with E-state index in [0.717, 1.165) is 19.3 Å². The van der Waals surface area contributed by atoms with E-state index in [0.29, 0.717) is 12.8 Å². The summed E-state index contributed by atoms with van der Waals surface area (Å²) in [6, 6.07) is 0. The van der Waals surface area contributed by atoms with E-state index in [1.54, 1.807) is 0 Å². The van der Waals surface area contributed by atoms with E-state index in [4.69, 9.17) is 14.0 Å². The van der Waals surface area contributed by atoms with Crippen molar-refractivity contribution in [1.82, 2.24) is 0 Å². The number of hydrogen-bond donors (Lipinski definition) is 1. The number of hydrogen-bond acceptors (Lipinski definition) is 6. The zero-order valence-electron chi connectivity index (χ0n) is 15.7. The van der Waals surface area contributed by atoms with Gasteiger partial charge in [-0.3, -0.25) is 14.1 Å². The highest BCUT2D eigenvalue weighted by atomic mass is 32.2. The Bertz CT molecular complexity index is 514. The molecule has 0 saturated heterocycles. The molecule has 0 spiro atoms. The molecule has 152 valence electrons. The van der Waals surface area contributed by atoms with Gasteiger partial charge in [0.1, 0.15) is 0 Å². The molecule has 0 rings (SSSR count). The summed E-state index contributed by atoms with van der Waals surface area (Å²) in [5, 5.41) is -1.96. The van der Waals surface area contributed by atoms with Crippen LogP contribution in [0.2, 0.25) is 0 Å². The summed E-state index contributed by atoms with van der Waals surface area (Å²) in [5.74, 6) is -2.02. The van der Waals surface area contributed by atoms with Gasteiger partial charge in [-0.05, 0) is 12.8 Å². The molecule has 1 N–H and O–H groups in total. The number of ether oxygens (including phenoxy) is 2. The lowest BCUT2D eigenvalue weighted by Gasteiger charge is -2.12. The topological polar surface area (TPSA) is 107 Å². The van der Waals surface area contributed by atoms with E-state index >= 15 is 0 Å². The minimum absolute atomic E-state index is 0.0678. The van der Waals surface area contributed by atoms with Gasteiger partial charge in [-0.2, -0.15) is 8.42 Å². The number of unbranched alkanes of at least 4 members (excludes halogenated alkanes) is 7. The molecular formula is C18H32O7S. The fourth-order valence-electron chi connectivity index (χ4n) is 2.28. The number of esters is 2. The molecule has 8 heteroatoms. The van der Waals surface area contributed by atoms with Gasteiger partial charge in [0.2, 0.25) is 0 Å². The van der Waals surface area contributed by atoms with Crippen molar-refractivity contribution in [1.29, 1.82) is 0 Å². The van der Waals surface area contributed by atoms with Crippen LogP contribution in [-0.4, -0.2) is 43.4 Å². The first-order valence-electron chi connectivity index (χ1n) is 9.22. The lowest BCUT2D eigenvalue weighted by atomic mass is 10.1. The van der Waals surface area contributed by atoms with Gasteiger partial charge in [-0.25, -0.2) is 0 Å². The summed E-state index contributed by atoms with van der Waals surface area (Å²) >= 11 is 0. The number of carbonyl (C=O) groups is 2. The SMILES string of the molecule is C=CCCOC(=O)C(CC(=O)OCCCCCCCCCC)S(=O)(=O)O. The van der Waals surface area contributed by atoms with Crippen LogP contribution < -0.4 is 0 Å². The van der Waals surface area contributed by atoms with Gasteiger partial charge in [0.25, 0.3) is 10.1 Å². The third kappa shape index (κ3) is 12.9. The summed E-state index contributed by atoms with van der Waals surface area (Å²) < 4.78 is 41.4. The van der Waals surface area contributed by atoms with Crippen LogP contribution in [0, 0.1) is 0 Å². The van der Waals surface area contributed by atoms with Crippen LogP contribution in [0.5, 0.6) is 0 Å². The predicted octanol–water partition coefficient (Wildman–Crippen LogP) is 3.44. The minimum atomic E-state index is -4.75. The van der Waals surface area contributed by atoms with Crippen LogP contribution in [0.4, 0.5) is 0 Å². The summed E-state index contributed by atoms with van der Waals surface area (Å²) in [5.41, 5.74) is 0. The lowest BCUT2D eigenvalue weighted by molar-refractivity contribution is -0.150. The van der Waals surface area contributed by atoms with Gasteiger partial charge >= 0.3 is 11.9 Å². The van der Waals surface area contributed by atoms with E-state index in [-0.39, 0.29) is 13.2 Å². The summed E-state index contributed by atoms with van der Waals surface area (Å²) in [7, 11) is -4.75. The standard InChI is InChI=1S/C18H32O7S/c1-3-5-7-8-9-10-11-12-14-24-17(19)15-16(26(21,22)23)18(20)25-13-6-4-2/h4,16H,2-3,5-15H2,1H3,(H,21,22,23). The molecular weight excluding hydrogens is 360 g/mol. The van der Waals surface area contributed by atoms with Crippen molar-refractivity contribution in [3.05, 3.63) is 12.7 Å². The van der Waals surface area contributed by atoms with Gasteiger partial charge in [0.15, 0.2) is 5.25 Å². The highest BCUT2D eigenvalue weighted by Crippen LogP contribution is 2.11. The molecule has 1 atom stereocenters. The van der Waals surface area contributed by atoms with Crippen molar-refractivity contribution in [3.63, 3.8) is 0 Å². The molecule has 0 fully saturated rings. The zero-order chi connectivity index (χ0) is 19.8. The minimum Gasteiger partial charge on any atom is -0.466 e. The largest absolute Gasteiger partial charge is 0.466 e. The molecule has 0 amide bonds. The lowest BCUT2D eigenvalue weighted by Crippen LogP contribution is -2.34. The van der Waals surface area contributed by atoms with E-state index in [1.165, 1.54) is 31.8 Å². The number of rotatable bonds is 16. The summed E-state index contributed by atoms with van der Waals surface area (Å²) in [6.07, 6.45) is 9.79. The molecule has 7 nitrogen and oxygen atoms in total. The van der Waals surface area contributed by atoms with Crippen LogP contribution in [0.15, 0.2) is 12.7 Å². The second-order valence-corrected chi connectivity index (χ2v) is 7.75. The summed E-state index contributed by atoms with van der Waals surface area (Å²) in [4.78, 5) is 23.4. The normalized spacial score (nSPS) is 12.4. The predicted molar refractivity (Wildman–Crippen MR) is 99.3 cm³/mol. The first-order valence-corrected chi connectivity index (χ1v) is 10.7.